The summed E-state index contributed by atoms with van der Waals surface area (Å²) in [5, 5.41) is 5.46. The summed E-state index contributed by atoms with van der Waals surface area (Å²) in [4.78, 5) is 23.8. The van der Waals surface area contributed by atoms with Gasteiger partial charge in [0.05, 0.1) is 18.6 Å². The number of carbonyl (C=O) groups is 2. The van der Waals surface area contributed by atoms with Crippen molar-refractivity contribution in [3.05, 3.63) is 54.0 Å². The monoisotopic (exact) mass is 372 g/mol. The van der Waals surface area contributed by atoms with E-state index in [4.69, 9.17) is 13.9 Å². The van der Waals surface area contributed by atoms with Crippen molar-refractivity contribution in [1.29, 1.82) is 0 Å². The average Bonchev–Trinajstić information content (AvgIpc) is 3.16. The van der Waals surface area contributed by atoms with Crippen molar-refractivity contribution in [2.24, 2.45) is 0 Å². The molecule has 0 radical (unpaired) electrons. The summed E-state index contributed by atoms with van der Waals surface area (Å²) in [5.41, 5.74) is 1.61. The molecule has 0 atom stereocenters. The van der Waals surface area contributed by atoms with Crippen LogP contribution in [-0.4, -0.2) is 38.7 Å². The lowest BCUT2D eigenvalue weighted by Gasteiger charge is -2.13. The van der Waals surface area contributed by atoms with Crippen LogP contribution in [0.25, 0.3) is 6.08 Å². The van der Waals surface area contributed by atoms with Gasteiger partial charge in [0.2, 0.25) is 11.8 Å². The lowest BCUT2D eigenvalue weighted by Crippen LogP contribution is -2.26. The van der Waals surface area contributed by atoms with Gasteiger partial charge in [-0.1, -0.05) is 6.07 Å². The van der Waals surface area contributed by atoms with Crippen molar-refractivity contribution in [2.75, 3.05) is 32.2 Å². The Morgan fingerprint density at radius 1 is 1.22 bits per heavy atom. The normalized spacial score (nSPS) is 10.7. The summed E-state index contributed by atoms with van der Waals surface area (Å²) in [7, 11) is 1.60. The Morgan fingerprint density at radius 3 is 2.81 bits per heavy atom. The van der Waals surface area contributed by atoms with Crippen LogP contribution >= 0.6 is 0 Å². The largest absolute Gasteiger partial charge is 0.489 e. The highest BCUT2D eigenvalue weighted by molar-refractivity contribution is 5.94. The first-order valence-corrected chi connectivity index (χ1v) is 8.60. The number of methoxy groups -OCH3 is 1. The SMILES string of the molecule is COCCOc1cc(C)ccc1NC(=O)CCNC(=O)/C=C/c1ccco1. The lowest BCUT2D eigenvalue weighted by molar-refractivity contribution is -0.117. The van der Waals surface area contributed by atoms with E-state index in [2.05, 4.69) is 10.6 Å². The van der Waals surface area contributed by atoms with Crippen LogP contribution in [0.2, 0.25) is 0 Å². The number of hydrogen-bond donors (Lipinski definition) is 2. The predicted octanol–water partition coefficient (Wildman–Crippen LogP) is 2.77. The highest BCUT2D eigenvalue weighted by Gasteiger charge is 2.09. The smallest absolute Gasteiger partial charge is 0.244 e. The molecule has 0 saturated heterocycles. The van der Waals surface area contributed by atoms with E-state index in [0.717, 1.165) is 5.56 Å². The molecule has 0 aliphatic rings. The van der Waals surface area contributed by atoms with Gasteiger partial charge >= 0.3 is 0 Å². The topological polar surface area (TPSA) is 89.8 Å². The number of rotatable bonds is 10. The van der Waals surface area contributed by atoms with Crippen LogP contribution < -0.4 is 15.4 Å². The van der Waals surface area contributed by atoms with Crippen LogP contribution in [-0.2, 0) is 14.3 Å². The number of anilines is 1. The quantitative estimate of drug-likeness (QED) is 0.494. The predicted molar refractivity (Wildman–Crippen MR) is 103 cm³/mol. The molecule has 2 N–H and O–H groups in total. The van der Waals surface area contributed by atoms with Crippen LogP contribution in [0.15, 0.2) is 47.1 Å². The Balaban J connectivity index is 1.78. The zero-order valence-electron chi connectivity index (χ0n) is 15.5. The molecule has 1 aromatic heterocycles. The Labute approximate surface area is 158 Å². The van der Waals surface area contributed by atoms with Gasteiger partial charge < -0.3 is 24.5 Å². The van der Waals surface area contributed by atoms with Gasteiger partial charge in [0.25, 0.3) is 0 Å². The highest BCUT2D eigenvalue weighted by Crippen LogP contribution is 2.25. The Bertz CT molecular complexity index is 769. The summed E-state index contributed by atoms with van der Waals surface area (Å²) in [6.07, 6.45) is 4.59. The fourth-order valence-electron chi connectivity index (χ4n) is 2.20. The summed E-state index contributed by atoms with van der Waals surface area (Å²) in [6.45, 7) is 3.01. The molecule has 2 amide bonds. The van der Waals surface area contributed by atoms with Crippen LogP contribution in [0.1, 0.15) is 17.7 Å². The van der Waals surface area contributed by atoms with Crippen molar-refractivity contribution in [3.8, 4) is 5.75 Å². The molecule has 0 aliphatic carbocycles. The molecule has 0 aliphatic heterocycles. The number of hydrogen-bond acceptors (Lipinski definition) is 5. The number of ether oxygens (including phenoxy) is 2. The lowest BCUT2D eigenvalue weighted by atomic mass is 10.2. The third-order valence-corrected chi connectivity index (χ3v) is 3.55. The number of nitrogens with one attached hydrogen (secondary N) is 2. The molecule has 0 spiro atoms. The van der Waals surface area contributed by atoms with E-state index in [1.807, 2.05) is 19.1 Å². The first-order chi connectivity index (χ1) is 13.1. The highest BCUT2D eigenvalue weighted by atomic mass is 16.5. The number of amides is 2. The molecular weight excluding hydrogens is 348 g/mol. The second kappa shape index (κ2) is 10.8. The summed E-state index contributed by atoms with van der Waals surface area (Å²) in [5.74, 6) is 0.665. The molecule has 7 heteroatoms. The molecule has 0 fully saturated rings. The maximum absolute atomic E-state index is 12.1. The minimum Gasteiger partial charge on any atom is -0.489 e. The third-order valence-electron chi connectivity index (χ3n) is 3.55. The van der Waals surface area contributed by atoms with Crippen molar-refractivity contribution < 1.29 is 23.5 Å². The van der Waals surface area contributed by atoms with E-state index in [1.54, 1.807) is 31.4 Å². The van der Waals surface area contributed by atoms with Gasteiger partial charge in [0.1, 0.15) is 18.1 Å². The molecule has 0 bridgehead atoms. The standard InChI is InChI=1S/C20H24N2O5/c1-15-5-7-17(18(14-15)27-13-12-25-2)22-20(24)9-10-21-19(23)8-6-16-4-3-11-26-16/h3-8,11,14H,9-10,12-13H2,1-2H3,(H,21,23)(H,22,24)/b8-6+. The fourth-order valence-corrected chi connectivity index (χ4v) is 2.20. The van der Waals surface area contributed by atoms with Crippen LogP contribution in [0.5, 0.6) is 5.75 Å². The van der Waals surface area contributed by atoms with Gasteiger partial charge in [0.15, 0.2) is 0 Å². The van der Waals surface area contributed by atoms with Crippen molar-refractivity contribution in [1.82, 2.24) is 5.32 Å². The molecule has 0 unspecified atom stereocenters. The zero-order valence-corrected chi connectivity index (χ0v) is 15.5. The van der Waals surface area contributed by atoms with Gasteiger partial charge in [-0.15, -0.1) is 0 Å². The van der Waals surface area contributed by atoms with Gasteiger partial charge in [-0.2, -0.15) is 0 Å². The van der Waals surface area contributed by atoms with Crippen LogP contribution in [0, 0.1) is 6.92 Å². The van der Waals surface area contributed by atoms with Crippen molar-refractivity contribution in [3.63, 3.8) is 0 Å². The van der Waals surface area contributed by atoms with E-state index in [9.17, 15) is 9.59 Å². The van der Waals surface area contributed by atoms with E-state index in [0.29, 0.717) is 30.4 Å². The minimum absolute atomic E-state index is 0.145. The third kappa shape index (κ3) is 7.37. The Hall–Kier alpha value is -3.06. The number of carbonyl (C=O) groups excluding carboxylic acids is 2. The van der Waals surface area contributed by atoms with E-state index in [1.165, 1.54) is 12.3 Å². The van der Waals surface area contributed by atoms with Gasteiger partial charge in [-0.25, -0.2) is 0 Å². The number of aryl methyl sites for hydroxylation is 1. The molecule has 7 nitrogen and oxygen atoms in total. The van der Waals surface area contributed by atoms with E-state index >= 15 is 0 Å². The first kappa shape index (κ1) is 20.3. The molecular formula is C20H24N2O5. The summed E-state index contributed by atoms with van der Waals surface area (Å²) < 4.78 is 15.7. The Morgan fingerprint density at radius 2 is 2.07 bits per heavy atom. The maximum atomic E-state index is 12.1. The average molecular weight is 372 g/mol. The Kier molecular flexibility index (Phi) is 8.12. The molecule has 1 heterocycles. The fraction of sp³-hybridized carbons (Fsp3) is 0.300. The minimum atomic E-state index is -0.293. The van der Waals surface area contributed by atoms with Crippen molar-refractivity contribution >= 4 is 23.6 Å². The molecule has 0 saturated carbocycles. The molecule has 2 aromatic rings. The number of furan rings is 1. The number of benzene rings is 1. The summed E-state index contributed by atoms with van der Waals surface area (Å²) >= 11 is 0. The zero-order chi connectivity index (χ0) is 19.5. The molecule has 1 aromatic carbocycles. The van der Waals surface area contributed by atoms with Gasteiger partial charge in [-0.3, -0.25) is 9.59 Å². The molecule has 144 valence electrons. The van der Waals surface area contributed by atoms with Crippen molar-refractivity contribution in [2.45, 2.75) is 13.3 Å². The van der Waals surface area contributed by atoms with Crippen LogP contribution in [0.4, 0.5) is 5.69 Å². The van der Waals surface area contributed by atoms with Gasteiger partial charge in [0, 0.05) is 26.2 Å². The molecule has 27 heavy (non-hydrogen) atoms. The molecule has 2 rings (SSSR count). The van der Waals surface area contributed by atoms with Gasteiger partial charge in [-0.05, 0) is 42.8 Å². The second-order valence-electron chi connectivity index (χ2n) is 5.78. The second-order valence-corrected chi connectivity index (χ2v) is 5.78. The van der Waals surface area contributed by atoms with E-state index < -0.39 is 0 Å². The first-order valence-electron chi connectivity index (χ1n) is 8.60. The van der Waals surface area contributed by atoms with Crippen LogP contribution in [0.3, 0.4) is 0 Å². The summed E-state index contributed by atoms with van der Waals surface area (Å²) in [6, 6.07) is 9.01. The van der Waals surface area contributed by atoms with E-state index in [-0.39, 0.29) is 24.8 Å². The maximum Gasteiger partial charge on any atom is 0.244 e.